The Balaban J connectivity index is 1.83. The first-order valence-electron chi connectivity index (χ1n) is 9.69. The molecule has 1 aromatic carbocycles. The fourth-order valence-electron chi connectivity index (χ4n) is 4.15. The number of hydrogen-bond acceptors (Lipinski definition) is 5. The number of esters is 1. The van der Waals surface area contributed by atoms with Gasteiger partial charge in [0.05, 0.1) is 18.7 Å². The predicted molar refractivity (Wildman–Crippen MR) is 98.9 cm³/mol. The molecule has 27 heavy (non-hydrogen) atoms. The minimum absolute atomic E-state index is 0.121. The van der Waals surface area contributed by atoms with Crippen molar-refractivity contribution < 1.29 is 19.1 Å². The van der Waals surface area contributed by atoms with E-state index < -0.39 is 12.1 Å². The van der Waals surface area contributed by atoms with Crippen molar-refractivity contribution in [1.82, 2.24) is 4.90 Å². The van der Waals surface area contributed by atoms with Crippen molar-refractivity contribution in [2.75, 3.05) is 13.7 Å². The molecular weight excluding hydrogens is 344 g/mol. The van der Waals surface area contributed by atoms with Crippen molar-refractivity contribution in [3.63, 3.8) is 0 Å². The number of carbonyl (C=O) groups is 2. The van der Waals surface area contributed by atoms with E-state index in [9.17, 15) is 9.59 Å². The van der Waals surface area contributed by atoms with Crippen molar-refractivity contribution in [3.8, 4) is 11.8 Å². The number of amides is 1. The van der Waals surface area contributed by atoms with E-state index in [2.05, 4.69) is 6.07 Å². The first kappa shape index (κ1) is 19.2. The molecular formula is C21H26N2O4. The standard InChI is InChI=1S/C21H26N2O4/c1-26-21(25)18-11-6-12-23(18)20(24)19(16-8-3-2-4-9-16)27-17-10-5-7-15(13-17)14-22/h5,7,10,13,16,18-19H,2-4,6,8-9,11-12H2,1H3/t18-,19-/m0/s1. The van der Waals surface area contributed by atoms with Gasteiger partial charge in [-0.2, -0.15) is 5.26 Å². The highest BCUT2D eigenvalue weighted by Gasteiger charge is 2.41. The summed E-state index contributed by atoms with van der Waals surface area (Å²) in [5.41, 5.74) is 0.496. The molecule has 144 valence electrons. The SMILES string of the molecule is COC(=O)[C@@H]1CCCN1C(=O)[C@@H](Oc1cccc(C#N)c1)C1CCCCC1. The number of carbonyl (C=O) groups excluding carboxylic acids is 2. The van der Waals surface area contributed by atoms with Crippen molar-refractivity contribution in [2.45, 2.75) is 57.1 Å². The lowest BCUT2D eigenvalue weighted by Gasteiger charge is -2.34. The van der Waals surface area contributed by atoms with E-state index in [1.165, 1.54) is 13.5 Å². The Morgan fingerprint density at radius 2 is 1.96 bits per heavy atom. The Hall–Kier alpha value is -2.55. The third-order valence-electron chi connectivity index (χ3n) is 5.56. The summed E-state index contributed by atoms with van der Waals surface area (Å²) in [6.07, 6.45) is 5.98. The van der Waals surface area contributed by atoms with Gasteiger partial charge in [0.15, 0.2) is 6.10 Å². The normalized spacial score (nSPS) is 21.3. The van der Waals surface area contributed by atoms with Crippen molar-refractivity contribution in [1.29, 1.82) is 5.26 Å². The van der Waals surface area contributed by atoms with Crippen molar-refractivity contribution in [2.24, 2.45) is 5.92 Å². The van der Waals surface area contributed by atoms with E-state index in [4.69, 9.17) is 14.7 Å². The Morgan fingerprint density at radius 3 is 2.67 bits per heavy atom. The van der Waals surface area contributed by atoms with E-state index in [1.807, 2.05) is 0 Å². The molecule has 0 aromatic heterocycles. The number of benzene rings is 1. The lowest BCUT2D eigenvalue weighted by atomic mass is 9.84. The molecule has 1 saturated carbocycles. The van der Waals surface area contributed by atoms with Crippen LogP contribution in [0.3, 0.4) is 0 Å². The number of ether oxygens (including phenoxy) is 2. The average Bonchev–Trinajstić information content (AvgIpc) is 3.21. The van der Waals surface area contributed by atoms with Crippen LogP contribution in [0.5, 0.6) is 5.75 Å². The Labute approximate surface area is 160 Å². The average molecular weight is 370 g/mol. The third-order valence-corrected chi connectivity index (χ3v) is 5.56. The summed E-state index contributed by atoms with van der Waals surface area (Å²) in [6, 6.07) is 8.46. The fraction of sp³-hybridized carbons (Fsp3) is 0.571. The van der Waals surface area contributed by atoms with Crippen LogP contribution >= 0.6 is 0 Å². The molecule has 2 aliphatic rings. The molecule has 1 aliphatic carbocycles. The number of methoxy groups -OCH3 is 1. The van der Waals surface area contributed by atoms with Crippen LogP contribution < -0.4 is 4.74 Å². The predicted octanol–water partition coefficient (Wildman–Crippen LogP) is 3.05. The van der Waals surface area contributed by atoms with Crippen LogP contribution in [-0.4, -0.2) is 42.6 Å². The molecule has 6 nitrogen and oxygen atoms in total. The van der Waals surface area contributed by atoms with Crippen LogP contribution in [0.1, 0.15) is 50.5 Å². The summed E-state index contributed by atoms with van der Waals surface area (Å²) in [5.74, 6) is 0.134. The second kappa shape index (κ2) is 8.90. The number of nitriles is 1. The van der Waals surface area contributed by atoms with Crippen molar-refractivity contribution in [3.05, 3.63) is 29.8 Å². The molecule has 1 saturated heterocycles. The lowest BCUT2D eigenvalue weighted by Crippen LogP contribution is -2.50. The second-order valence-corrected chi connectivity index (χ2v) is 7.29. The molecule has 0 bridgehead atoms. The monoisotopic (exact) mass is 370 g/mol. The minimum Gasteiger partial charge on any atom is -0.480 e. The Bertz CT molecular complexity index is 721. The van der Waals surface area contributed by atoms with Crippen LogP contribution in [0.2, 0.25) is 0 Å². The largest absolute Gasteiger partial charge is 0.480 e. The molecule has 2 fully saturated rings. The van der Waals surface area contributed by atoms with Crippen LogP contribution in [0, 0.1) is 17.2 Å². The van der Waals surface area contributed by atoms with Gasteiger partial charge in [0, 0.05) is 12.5 Å². The number of hydrogen-bond donors (Lipinski definition) is 0. The maximum atomic E-state index is 13.4. The Morgan fingerprint density at radius 1 is 1.19 bits per heavy atom. The molecule has 3 rings (SSSR count). The first-order chi connectivity index (χ1) is 13.1. The second-order valence-electron chi connectivity index (χ2n) is 7.29. The summed E-state index contributed by atoms with van der Waals surface area (Å²) in [4.78, 5) is 27.1. The van der Waals surface area contributed by atoms with Gasteiger partial charge < -0.3 is 14.4 Å². The van der Waals surface area contributed by atoms with E-state index in [-0.39, 0.29) is 17.8 Å². The fourth-order valence-corrected chi connectivity index (χ4v) is 4.15. The van der Waals surface area contributed by atoms with Gasteiger partial charge in [-0.3, -0.25) is 4.79 Å². The summed E-state index contributed by atoms with van der Waals surface area (Å²) >= 11 is 0. The maximum Gasteiger partial charge on any atom is 0.328 e. The van der Waals surface area contributed by atoms with E-state index in [0.717, 1.165) is 32.1 Å². The van der Waals surface area contributed by atoms with Gasteiger partial charge in [-0.05, 0) is 43.9 Å². The topological polar surface area (TPSA) is 79.6 Å². The zero-order valence-corrected chi connectivity index (χ0v) is 15.7. The van der Waals surface area contributed by atoms with Crippen LogP contribution in [0.15, 0.2) is 24.3 Å². The first-order valence-corrected chi connectivity index (χ1v) is 9.69. The molecule has 0 spiro atoms. The van der Waals surface area contributed by atoms with Gasteiger partial charge in [0.1, 0.15) is 11.8 Å². The van der Waals surface area contributed by atoms with E-state index in [0.29, 0.717) is 24.3 Å². The third kappa shape index (κ3) is 4.41. The number of nitrogens with zero attached hydrogens (tertiary/aromatic N) is 2. The quantitative estimate of drug-likeness (QED) is 0.744. The van der Waals surface area contributed by atoms with Crippen LogP contribution in [-0.2, 0) is 14.3 Å². The number of rotatable bonds is 5. The summed E-state index contributed by atoms with van der Waals surface area (Å²) in [7, 11) is 1.35. The number of likely N-dealkylation sites (tertiary alicyclic amines) is 1. The molecule has 1 aliphatic heterocycles. The van der Waals surface area contributed by atoms with E-state index >= 15 is 0 Å². The highest BCUT2D eigenvalue weighted by molar-refractivity contribution is 5.88. The minimum atomic E-state index is -0.635. The molecule has 0 unspecified atom stereocenters. The smallest absolute Gasteiger partial charge is 0.328 e. The molecule has 1 amide bonds. The van der Waals surface area contributed by atoms with Gasteiger partial charge in [0.2, 0.25) is 0 Å². The highest BCUT2D eigenvalue weighted by atomic mass is 16.5. The van der Waals surface area contributed by atoms with Gasteiger partial charge in [-0.1, -0.05) is 25.3 Å². The van der Waals surface area contributed by atoms with Gasteiger partial charge in [-0.15, -0.1) is 0 Å². The Kier molecular flexibility index (Phi) is 6.33. The molecule has 0 radical (unpaired) electrons. The van der Waals surface area contributed by atoms with Gasteiger partial charge in [0.25, 0.3) is 5.91 Å². The molecule has 6 heteroatoms. The van der Waals surface area contributed by atoms with Crippen LogP contribution in [0.4, 0.5) is 0 Å². The zero-order valence-electron chi connectivity index (χ0n) is 15.7. The van der Waals surface area contributed by atoms with Crippen LogP contribution in [0.25, 0.3) is 0 Å². The van der Waals surface area contributed by atoms with Crippen molar-refractivity contribution >= 4 is 11.9 Å². The summed E-state index contributed by atoms with van der Waals surface area (Å²) in [6.45, 7) is 0.545. The molecule has 0 N–H and O–H groups in total. The maximum absolute atomic E-state index is 13.4. The molecule has 1 aromatic rings. The van der Waals surface area contributed by atoms with Gasteiger partial charge in [-0.25, -0.2) is 4.79 Å². The molecule has 2 atom stereocenters. The van der Waals surface area contributed by atoms with E-state index in [1.54, 1.807) is 29.2 Å². The molecule has 1 heterocycles. The summed E-state index contributed by atoms with van der Waals surface area (Å²) < 4.78 is 11.0. The van der Waals surface area contributed by atoms with Gasteiger partial charge >= 0.3 is 5.97 Å². The lowest BCUT2D eigenvalue weighted by molar-refractivity contribution is -0.155. The summed E-state index contributed by atoms with van der Waals surface area (Å²) in [5, 5.41) is 9.12. The highest BCUT2D eigenvalue weighted by Crippen LogP contribution is 2.32. The zero-order chi connectivity index (χ0) is 19.2.